The first kappa shape index (κ1) is 26.8. The second-order valence-electron chi connectivity index (χ2n) is 8.48. The Labute approximate surface area is 235 Å². The fourth-order valence-corrected chi connectivity index (χ4v) is 4.79. The molecule has 36 heavy (non-hydrogen) atoms. The van der Waals surface area contributed by atoms with Gasteiger partial charge in [0.15, 0.2) is 5.11 Å². The third-order valence-electron chi connectivity index (χ3n) is 5.87. The van der Waals surface area contributed by atoms with Gasteiger partial charge in [-0.1, -0.05) is 58.5 Å². The standard InChI is InChI=1S/C25H24Cl4N6S/c1-13-23(15(3)34(32-13)11-17-5-7-19(26)21(28)9-17)30-25(36)31-24-14(2)33-35(16(24)4)12-18-6-8-20(27)22(29)10-18/h5-10H,11-12H2,1-4H3,(H2,30,31,36). The molecule has 0 saturated heterocycles. The van der Waals surface area contributed by atoms with Crippen LogP contribution in [0.2, 0.25) is 20.1 Å². The maximum Gasteiger partial charge on any atom is 0.175 e. The van der Waals surface area contributed by atoms with E-state index in [0.29, 0.717) is 38.3 Å². The molecule has 0 aliphatic rings. The summed E-state index contributed by atoms with van der Waals surface area (Å²) in [7, 11) is 0. The summed E-state index contributed by atoms with van der Waals surface area (Å²) in [6.45, 7) is 8.99. The Morgan fingerprint density at radius 2 is 1.08 bits per heavy atom. The summed E-state index contributed by atoms with van der Waals surface area (Å²) >= 11 is 30.1. The number of hydrogen-bond donors (Lipinski definition) is 2. The summed E-state index contributed by atoms with van der Waals surface area (Å²) < 4.78 is 3.82. The zero-order valence-corrected chi connectivity index (χ0v) is 23.9. The maximum absolute atomic E-state index is 6.17. The molecule has 2 aromatic heterocycles. The Morgan fingerprint density at radius 3 is 1.44 bits per heavy atom. The van der Waals surface area contributed by atoms with Gasteiger partial charge >= 0.3 is 0 Å². The van der Waals surface area contributed by atoms with E-state index >= 15 is 0 Å². The molecular weight excluding hydrogens is 558 g/mol. The van der Waals surface area contributed by atoms with Gasteiger partial charge in [0.25, 0.3) is 0 Å². The third kappa shape index (κ3) is 5.82. The van der Waals surface area contributed by atoms with E-state index in [2.05, 4.69) is 20.8 Å². The first-order chi connectivity index (χ1) is 17.0. The van der Waals surface area contributed by atoms with Crippen LogP contribution in [0.4, 0.5) is 11.4 Å². The fourth-order valence-electron chi connectivity index (χ4n) is 3.94. The van der Waals surface area contributed by atoms with Gasteiger partial charge in [-0.05, 0) is 75.3 Å². The van der Waals surface area contributed by atoms with Gasteiger partial charge in [0.05, 0.1) is 67.3 Å². The molecule has 4 rings (SSSR count). The van der Waals surface area contributed by atoms with Crippen LogP contribution in [0, 0.1) is 27.7 Å². The maximum atomic E-state index is 6.17. The fraction of sp³-hybridized carbons (Fsp3) is 0.240. The molecule has 11 heteroatoms. The van der Waals surface area contributed by atoms with E-state index in [1.54, 1.807) is 12.1 Å². The SMILES string of the molecule is Cc1nn(Cc2ccc(Cl)c(Cl)c2)c(C)c1NC(=S)Nc1c(C)nn(Cc2ccc(Cl)c(Cl)c2)c1C. The number of hydrogen-bond acceptors (Lipinski definition) is 3. The van der Waals surface area contributed by atoms with Crippen LogP contribution < -0.4 is 10.6 Å². The van der Waals surface area contributed by atoms with Crippen LogP contribution in [-0.2, 0) is 13.1 Å². The number of nitrogens with zero attached hydrogens (tertiary/aromatic N) is 4. The molecule has 6 nitrogen and oxygen atoms in total. The predicted octanol–water partition coefficient (Wildman–Crippen LogP) is 7.83. The van der Waals surface area contributed by atoms with Crippen LogP contribution in [0.25, 0.3) is 0 Å². The molecule has 2 N–H and O–H groups in total. The number of anilines is 2. The van der Waals surface area contributed by atoms with Crippen LogP contribution in [0.15, 0.2) is 36.4 Å². The van der Waals surface area contributed by atoms with Crippen molar-refractivity contribution in [2.75, 3.05) is 10.6 Å². The van der Waals surface area contributed by atoms with Gasteiger partial charge in [0, 0.05) is 0 Å². The minimum Gasteiger partial charge on any atom is -0.329 e. The smallest absolute Gasteiger partial charge is 0.175 e. The zero-order chi connectivity index (χ0) is 26.1. The van der Waals surface area contributed by atoms with E-state index in [1.165, 1.54) is 0 Å². The largest absolute Gasteiger partial charge is 0.329 e. The highest BCUT2D eigenvalue weighted by Gasteiger charge is 2.17. The number of benzene rings is 2. The summed E-state index contributed by atoms with van der Waals surface area (Å²) in [5, 5.41) is 18.5. The quantitative estimate of drug-likeness (QED) is 0.227. The van der Waals surface area contributed by atoms with Crippen molar-refractivity contribution in [3.63, 3.8) is 0 Å². The van der Waals surface area contributed by atoms with Crippen molar-refractivity contribution in [3.05, 3.63) is 90.4 Å². The monoisotopic (exact) mass is 580 g/mol. The summed E-state index contributed by atoms with van der Waals surface area (Å²) in [4.78, 5) is 0. The lowest BCUT2D eigenvalue weighted by atomic mass is 10.2. The van der Waals surface area contributed by atoms with Crippen molar-refractivity contribution in [1.82, 2.24) is 19.6 Å². The molecule has 0 saturated carbocycles. The number of aromatic nitrogens is 4. The summed E-state index contributed by atoms with van der Waals surface area (Å²) in [6.07, 6.45) is 0. The van der Waals surface area contributed by atoms with Crippen LogP contribution in [0.1, 0.15) is 33.9 Å². The average Bonchev–Trinajstić information content (AvgIpc) is 3.23. The van der Waals surface area contributed by atoms with Gasteiger partial charge in [0.1, 0.15) is 0 Å². The number of aryl methyl sites for hydroxylation is 2. The molecule has 0 amide bonds. The van der Waals surface area contributed by atoms with E-state index in [1.807, 2.05) is 61.3 Å². The molecule has 0 atom stereocenters. The second kappa shape index (κ2) is 11.0. The Bertz CT molecular complexity index is 1350. The zero-order valence-electron chi connectivity index (χ0n) is 20.1. The Balaban J connectivity index is 1.48. The molecule has 0 unspecified atom stereocenters. The molecule has 188 valence electrons. The van der Waals surface area contributed by atoms with Gasteiger partial charge in [-0.2, -0.15) is 10.2 Å². The van der Waals surface area contributed by atoms with E-state index in [4.69, 9.17) is 58.6 Å². The van der Waals surface area contributed by atoms with Crippen molar-refractivity contribution in [3.8, 4) is 0 Å². The van der Waals surface area contributed by atoms with Crippen molar-refractivity contribution < 1.29 is 0 Å². The van der Waals surface area contributed by atoms with Crippen LogP contribution in [0.3, 0.4) is 0 Å². The summed E-state index contributed by atoms with van der Waals surface area (Å²) in [5.41, 5.74) is 7.28. The first-order valence-corrected chi connectivity index (χ1v) is 13.0. The molecule has 0 radical (unpaired) electrons. The molecule has 2 aromatic carbocycles. The molecule has 2 heterocycles. The average molecular weight is 582 g/mol. The Kier molecular flexibility index (Phi) is 8.17. The van der Waals surface area contributed by atoms with Gasteiger partial charge in [-0.25, -0.2) is 0 Å². The van der Waals surface area contributed by atoms with E-state index in [-0.39, 0.29) is 0 Å². The summed E-state index contributed by atoms with van der Waals surface area (Å²) in [6, 6.07) is 11.1. The molecular formula is C25H24Cl4N6S. The lowest BCUT2D eigenvalue weighted by Gasteiger charge is -2.12. The van der Waals surface area contributed by atoms with E-state index in [9.17, 15) is 0 Å². The number of thiocarbonyl (C=S) groups is 1. The summed E-state index contributed by atoms with van der Waals surface area (Å²) in [5.74, 6) is 0. The van der Waals surface area contributed by atoms with Gasteiger partial charge in [-0.3, -0.25) is 9.36 Å². The number of nitrogens with one attached hydrogen (secondary N) is 2. The highest BCUT2D eigenvalue weighted by molar-refractivity contribution is 7.80. The lowest BCUT2D eigenvalue weighted by molar-refractivity contribution is 0.659. The number of rotatable bonds is 6. The first-order valence-electron chi connectivity index (χ1n) is 11.1. The Hall–Kier alpha value is -2.29. The molecule has 0 aliphatic heterocycles. The molecule has 4 aromatic rings. The van der Waals surface area contributed by atoms with Gasteiger partial charge in [-0.15, -0.1) is 0 Å². The predicted molar refractivity (Wildman–Crippen MR) is 154 cm³/mol. The Morgan fingerprint density at radius 1 is 0.694 bits per heavy atom. The molecule has 0 spiro atoms. The minimum absolute atomic E-state index is 0.454. The van der Waals surface area contributed by atoms with Crippen molar-refractivity contribution in [2.45, 2.75) is 40.8 Å². The lowest BCUT2D eigenvalue weighted by Crippen LogP contribution is -2.21. The highest BCUT2D eigenvalue weighted by atomic mass is 35.5. The van der Waals surface area contributed by atoms with Crippen molar-refractivity contribution in [2.24, 2.45) is 0 Å². The van der Waals surface area contributed by atoms with Crippen LogP contribution in [0.5, 0.6) is 0 Å². The molecule has 0 fully saturated rings. The number of halogens is 4. The molecule has 0 bridgehead atoms. The minimum atomic E-state index is 0.454. The van der Waals surface area contributed by atoms with Crippen molar-refractivity contribution >= 4 is 75.1 Å². The van der Waals surface area contributed by atoms with E-state index < -0.39 is 0 Å². The topological polar surface area (TPSA) is 59.7 Å². The van der Waals surface area contributed by atoms with Gasteiger partial charge in [0.2, 0.25) is 0 Å². The van der Waals surface area contributed by atoms with Gasteiger partial charge < -0.3 is 10.6 Å². The molecule has 0 aliphatic carbocycles. The highest BCUT2D eigenvalue weighted by Crippen LogP contribution is 2.27. The van der Waals surface area contributed by atoms with Crippen molar-refractivity contribution in [1.29, 1.82) is 0 Å². The van der Waals surface area contributed by atoms with Crippen LogP contribution >= 0.6 is 58.6 Å². The third-order valence-corrected chi connectivity index (χ3v) is 7.55. The second-order valence-corrected chi connectivity index (χ2v) is 10.5. The van der Waals surface area contributed by atoms with E-state index in [0.717, 1.165) is 45.3 Å². The van der Waals surface area contributed by atoms with Crippen LogP contribution in [-0.4, -0.2) is 24.7 Å². The normalized spacial score (nSPS) is 11.1.